The molecule has 0 amide bonds. The first-order chi connectivity index (χ1) is 11.8. The monoisotopic (exact) mass is 344 g/mol. The molecule has 7 unspecified atom stereocenters. The molecular formula is C22H32O3. The van der Waals surface area contributed by atoms with Gasteiger partial charge in [0.1, 0.15) is 6.29 Å². The number of allylic oxidation sites excluding steroid dienone is 1. The summed E-state index contributed by atoms with van der Waals surface area (Å²) in [6.07, 6.45) is 9.53. The molecule has 3 nitrogen and oxygen atoms in total. The molecule has 0 heterocycles. The number of aldehydes is 1. The van der Waals surface area contributed by atoms with Gasteiger partial charge < -0.3 is 9.90 Å². The van der Waals surface area contributed by atoms with E-state index < -0.39 is 0 Å². The molecular weight excluding hydrogens is 312 g/mol. The molecule has 0 saturated heterocycles. The van der Waals surface area contributed by atoms with Crippen LogP contribution < -0.4 is 0 Å². The van der Waals surface area contributed by atoms with Crippen LogP contribution in [0.4, 0.5) is 0 Å². The smallest absolute Gasteiger partial charge is 0.155 e. The Balaban J connectivity index is 1.70. The Hall–Kier alpha value is -0.960. The van der Waals surface area contributed by atoms with E-state index in [0.717, 1.165) is 44.8 Å². The fourth-order valence-electron chi connectivity index (χ4n) is 7.51. The third-order valence-corrected chi connectivity index (χ3v) is 8.99. The molecule has 25 heavy (non-hydrogen) atoms. The van der Waals surface area contributed by atoms with E-state index in [1.54, 1.807) is 0 Å². The molecule has 1 N–H and O–H groups in total. The highest BCUT2D eigenvalue weighted by atomic mass is 16.3. The number of carbonyl (C=O) groups is 2. The number of hydrogen-bond donors (Lipinski definition) is 1. The highest BCUT2D eigenvalue weighted by molar-refractivity contribution is 5.91. The Morgan fingerprint density at radius 1 is 1.20 bits per heavy atom. The third kappa shape index (κ3) is 2.27. The number of ketones is 1. The fourth-order valence-corrected chi connectivity index (χ4v) is 7.51. The molecule has 0 aromatic carbocycles. The lowest BCUT2D eigenvalue weighted by Gasteiger charge is -2.60. The number of aliphatic hydroxyl groups excluding tert-OH is 1. The summed E-state index contributed by atoms with van der Waals surface area (Å²) in [6, 6.07) is 0. The summed E-state index contributed by atoms with van der Waals surface area (Å²) in [6.45, 7) is 6.63. The summed E-state index contributed by atoms with van der Waals surface area (Å²) >= 11 is 0. The van der Waals surface area contributed by atoms with Gasteiger partial charge in [-0.25, -0.2) is 0 Å². The summed E-state index contributed by atoms with van der Waals surface area (Å²) in [7, 11) is 0. The first-order valence-corrected chi connectivity index (χ1v) is 10.2. The standard InChI is InChI=1S/C22H32O3/c1-13(12-23)17-6-7-18-16-5-4-14-10-15(24)8-9-21(14,2)19(16)11-20(25)22(17,18)3/h10,12-13,16-20,25H,4-9,11H2,1-3H3/t13?,16?,17?,18?,19?,20-,21?,22?/m0/s1. The van der Waals surface area contributed by atoms with Crippen molar-refractivity contribution in [2.75, 3.05) is 0 Å². The highest BCUT2D eigenvalue weighted by Gasteiger charge is 2.62. The van der Waals surface area contributed by atoms with E-state index in [2.05, 4.69) is 13.8 Å². The van der Waals surface area contributed by atoms with Crippen LogP contribution in [-0.4, -0.2) is 23.3 Å². The summed E-state index contributed by atoms with van der Waals surface area (Å²) < 4.78 is 0. The molecule has 3 fully saturated rings. The van der Waals surface area contributed by atoms with Gasteiger partial charge in [-0.1, -0.05) is 26.3 Å². The minimum Gasteiger partial charge on any atom is -0.393 e. The van der Waals surface area contributed by atoms with Crippen molar-refractivity contribution in [2.45, 2.75) is 71.8 Å². The van der Waals surface area contributed by atoms with Crippen molar-refractivity contribution in [1.29, 1.82) is 0 Å². The van der Waals surface area contributed by atoms with Crippen LogP contribution in [-0.2, 0) is 9.59 Å². The zero-order valence-corrected chi connectivity index (χ0v) is 15.8. The van der Waals surface area contributed by atoms with Gasteiger partial charge in [-0.15, -0.1) is 0 Å². The Bertz CT molecular complexity index is 623. The van der Waals surface area contributed by atoms with E-state index in [-0.39, 0.29) is 28.6 Å². The van der Waals surface area contributed by atoms with Gasteiger partial charge in [0, 0.05) is 17.8 Å². The highest BCUT2D eigenvalue weighted by Crippen LogP contribution is 2.67. The maximum atomic E-state index is 11.9. The Morgan fingerprint density at radius 3 is 2.68 bits per heavy atom. The van der Waals surface area contributed by atoms with E-state index in [1.807, 2.05) is 13.0 Å². The van der Waals surface area contributed by atoms with Gasteiger partial charge in [0.05, 0.1) is 6.10 Å². The number of rotatable bonds is 2. The lowest BCUT2D eigenvalue weighted by atomic mass is 9.45. The van der Waals surface area contributed by atoms with Crippen LogP contribution in [0.5, 0.6) is 0 Å². The first-order valence-electron chi connectivity index (χ1n) is 10.2. The lowest BCUT2D eigenvalue weighted by Crippen LogP contribution is -2.57. The van der Waals surface area contributed by atoms with Gasteiger partial charge >= 0.3 is 0 Å². The molecule has 0 bridgehead atoms. The SMILES string of the molecule is CC(C=O)C1CCC2C3CCC4=CC(=O)CCC4(C)C3C[C@H](O)C12C. The number of carbonyl (C=O) groups excluding carboxylic acids is 2. The fraction of sp³-hybridized carbons (Fsp3) is 0.818. The van der Waals surface area contributed by atoms with Gasteiger partial charge in [0.25, 0.3) is 0 Å². The lowest BCUT2D eigenvalue weighted by molar-refractivity contribution is -0.143. The quantitative estimate of drug-likeness (QED) is 0.772. The molecule has 8 atom stereocenters. The second kappa shape index (κ2) is 5.77. The Kier molecular flexibility index (Phi) is 4.03. The summed E-state index contributed by atoms with van der Waals surface area (Å²) in [5, 5.41) is 11.2. The van der Waals surface area contributed by atoms with Gasteiger partial charge in [-0.2, -0.15) is 0 Å². The van der Waals surface area contributed by atoms with Gasteiger partial charge in [-0.3, -0.25) is 4.79 Å². The Labute approximate surface area is 151 Å². The van der Waals surface area contributed by atoms with E-state index >= 15 is 0 Å². The Morgan fingerprint density at radius 2 is 1.96 bits per heavy atom. The van der Waals surface area contributed by atoms with Crippen LogP contribution in [0.15, 0.2) is 11.6 Å². The molecule has 4 aliphatic rings. The van der Waals surface area contributed by atoms with E-state index in [0.29, 0.717) is 30.1 Å². The molecule has 0 spiro atoms. The maximum absolute atomic E-state index is 11.9. The zero-order chi connectivity index (χ0) is 18.0. The van der Waals surface area contributed by atoms with Crippen molar-refractivity contribution in [1.82, 2.24) is 0 Å². The van der Waals surface area contributed by atoms with Crippen LogP contribution in [0.25, 0.3) is 0 Å². The topological polar surface area (TPSA) is 54.4 Å². The van der Waals surface area contributed by atoms with Crippen molar-refractivity contribution >= 4 is 12.1 Å². The van der Waals surface area contributed by atoms with Crippen LogP contribution in [0.1, 0.15) is 65.7 Å². The second-order valence-electron chi connectivity index (χ2n) is 9.77. The predicted octanol–water partition coefficient (Wildman–Crippen LogP) is 3.94. The van der Waals surface area contributed by atoms with Gasteiger partial charge in [-0.05, 0) is 73.7 Å². The number of aliphatic hydroxyl groups is 1. The van der Waals surface area contributed by atoms with Gasteiger partial charge in [0.15, 0.2) is 5.78 Å². The molecule has 4 rings (SSSR count). The normalized spacial score (nSPS) is 50.3. The van der Waals surface area contributed by atoms with E-state index in [9.17, 15) is 14.7 Å². The van der Waals surface area contributed by atoms with Crippen molar-refractivity contribution in [3.8, 4) is 0 Å². The van der Waals surface area contributed by atoms with Crippen LogP contribution >= 0.6 is 0 Å². The largest absolute Gasteiger partial charge is 0.393 e. The van der Waals surface area contributed by atoms with Gasteiger partial charge in [0.2, 0.25) is 0 Å². The molecule has 3 heteroatoms. The van der Waals surface area contributed by atoms with E-state index in [4.69, 9.17) is 0 Å². The minimum atomic E-state index is -0.331. The average Bonchev–Trinajstić information content (AvgIpc) is 2.95. The van der Waals surface area contributed by atoms with Crippen molar-refractivity contribution in [3.05, 3.63) is 11.6 Å². The predicted molar refractivity (Wildman–Crippen MR) is 96.8 cm³/mol. The number of hydrogen-bond acceptors (Lipinski definition) is 3. The second-order valence-corrected chi connectivity index (χ2v) is 9.77. The van der Waals surface area contributed by atoms with Crippen molar-refractivity contribution in [3.63, 3.8) is 0 Å². The van der Waals surface area contributed by atoms with Crippen LogP contribution in [0.3, 0.4) is 0 Å². The molecule has 0 aromatic rings. The van der Waals surface area contributed by atoms with Crippen LogP contribution in [0, 0.1) is 40.4 Å². The maximum Gasteiger partial charge on any atom is 0.155 e. The molecule has 0 aromatic heterocycles. The summed E-state index contributed by atoms with van der Waals surface area (Å²) in [5.41, 5.74) is 1.31. The molecule has 4 aliphatic carbocycles. The minimum absolute atomic E-state index is 0.0307. The molecule has 0 radical (unpaired) electrons. The van der Waals surface area contributed by atoms with Crippen molar-refractivity contribution < 1.29 is 14.7 Å². The summed E-state index contributed by atoms with van der Waals surface area (Å²) in [5.74, 6) is 2.26. The summed E-state index contributed by atoms with van der Waals surface area (Å²) in [4.78, 5) is 23.4. The number of fused-ring (bicyclic) bond motifs is 5. The third-order valence-electron chi connectivity index (χ3n) is 8.99. The molecule has 3 saturated carbocycles. The van der Waals surface area contributed by atoms with Crippen LogP contribution in [0.2, 0.25) is 0 Å². The zero-order valence-electron chi connectivity index (χ0n) is 15.8. The molecule has 0 aliphatic heterocycles. The van der Waals surface area contributed by atoms with E-state index in [1.165, 1.54) is 5.57 Å². The first kappa shape index (κ1) is 17.5. The average molecular weight is 344 g/mol. The van der Waals surface area contributed by atoms with Crippen molar-refractivity contribution in [2.24, 2.45) is 40.4 Å². The molecule has 138 valence electrons.